The van der Waals surface area contributed by atoms with Crippen molar-refractivity contribution in [2.45, 2.75) is 12.6 Å². The normalized spacial score (nSPS) is 11.3. The Balaban J connectivity index is 2.61. The number of hydrogen-bond acceptors (Lipinski definition) is 2. The van der Waals surface area contributed by atoms with E-state index in [1.165, 1.54) is 6.07 Å². The summed E-state index contributed by atoms with van der Waals surface area (Å²) in [5.74, 6) is -1.75. The van der Waals surface area contributed by atoms with Crippen molar-refractivity contribution >= 4 is 11.6 Å². The van der Waals surface area contributed by atoms with Crippen LogP contribution in [0, 0.1) is 5.82 Å². The Morgan fingerprint density at radius 1 is 1.35 bits per heavy atom. The van der Waals surface area contributed by atoms with Crippen LogP contribution in [-0.2, 0) is 0 Å². The Bertz CT molecular complexity index is 417. The molecule has 0 saturated carbocycles. The highest BCUT2D eigenvalue weighted by Crippen LogP contribution is 2.18. The number of rotatable bonds is 3. The summed E-state index contributed by atoms with van der Waals surface area (Å²) in [5, 5.41) is 1.97. The molecule has 0 atom stereocenters. The van der Waals surface area contributed by atoms with Gasteiger partial charge in [-0.3, -0.25) is 4.79 Å². The number of amides is 1. The molecule has 0 unspecified atom stereocenters. The number of nitrogens with one attached hydrogen (secondary N) is 1. The minimum atomic E-state index is -4.36. The molecule has 3 nitrogen and oxygen atoms in total. The predicted octanol–water partition coefficient (Wildman–Crippen LogP) is 2.09. The van der Waals surface area contributed by atoms with Crippen molar-refractivity contribution in [1.29, 1.82) is 0 Å². The second-order valence-corrected chi connectivity index (χ2v) is 3.36. The maximum absolute atomic E-state index is 13.1. The summed E-state index contributed by atoms with van der Waals surface area (Å²) in [6.07, 6.45) is -5.52. The van der Waals surface area contributed by atoms with Gasteiger partial charge in [-0.1, -0.05) is 0 Å². The van der Waals surface area contributed by atoms with Crippen molar-refractivity contribution < 1.29 is 22.4 Å². The van der Waals surface area contributed by atoms with E-state index in [0.717, 1.165) is 12.1 Å². The molecule has 0 radical (unpaired) electrons. The molecule has 0 aliphatic rings. The Morgan fingerprint density at radius 3 is 2.59 bits per heavy atom. The van der Waals surface area contributed by atoms with Gasteiger partial charge in [0.15, 0.2) is 0 Å². The highest BCUT2D eigenvalue weighted by molar-refractivity contribution is 5.95. The van der Waals surface area contributed by atoms with Crippen LogP contribution in [0.1, 0.15) is 16.8 Å². The Kier molecular flexibility index (Phi) is 3.93. The molecule has 17 heavy (non-hydrogen) atoms. The van der Waals surface area contributed by atoms with Gasteiger partial charge in [0.25, 0.3) is 5.91 Å². The van der Waals surface area contributed by atoms with Crippen LogP contribution < -0.4 is 11.1 Å². The lowest BCUT2D eigenvalue weighted by atomic mass is 10.1. The molecule has 1 rings (SSSR count). The van der Waals surface area contributed by atoms with Gasteiger partial charge in [-0.05, 0) is 18.2 Å². The van der Waals surface area contributed by atoms with Crippen molar-refractivity contribution in [2.75, 3.05) is 12.3 Å². The van der Waals surface area contributed by atoms with Crippen molar-refractivity contribution in [2.24, 2.45) is 0 Å². The van der Waals surface area contributed by atoms with Gasteiger partial charge < -0.3 is 11.1 Å². The zero-order chi connectivity index (χ0) is 13.1. The van der Waals surface area contributed by atoms with E-state index in [0.29, 0.717) is 0 Å². The largest absolute Gasteiger partial charge is 0.399 e. The third-order valence-corrected chi connectivity index (χ3v) is 1.93. The molecule has 0 saturated heterocycles. The highest BCUT2D eigenvalue weighted by atomic mass is 19.4. The summed E-state index contributed by atoms with van der Waals surface area (Å²) >= 11 is 0. The van der Waals surface area contributed by atoms with Crippen LogP contribution in [0.4, 0.5) is 23.2 Å². The zero-order valence-corrected chi connectivity index (χ0v) is 8.64. The highest BCUT2D eigenvalue weighted by Gasteiger charge is 2.26. The van der Waals surface area contributed by atoms with E-state index in [1.807, 2.05) is 5.32 Å². The molecule has 0 aliphatic carbocycles. The Morgan fingerprint density at radius 2 is 2.00 bits per heavy atom. The van der Waals surface area contributed by atoms with E-state index in [2.05, 4.69) is 0 Å². The van der Waals surface area contributed by atoms with Crippen LogP contribution in [0.2, 0.25) is 0 Å². The molecule has 0 spiro atoms. The molecule has 7 heteroatoms. The third kappa shape index (κ3) is 4.29. The van der Waals surface area contributed by atoms with E-state index in [1.54, 1.807) is 0 Å². The third-order valence-electron chi connectivity index (χ3n) is 1.93. The molecule has 1 amide bonds. The summed E-state index contributed by atoms with van der Waals surface area (Å²) in [7, 11) is 0. The summed E-state index contributed by atoms with van der Waals surface area (Å²) in [4.78, 5) is 11.3. The van der Waals surface area contributed by atoms with Gasteiger partial charge in [-0.25, -0.2) is 4.39 Å². The van der Waals surface area contributed by atoms with Crippen LogP contribution in [0.15, 0.2) is 18.2 Å². The molecule has 1 aromatic rings. The Labute approximate surface area is 94.6 Å². The lowest BCUT2D eigenvalue weighted by Crippen LogP contribution is -2.28. The van der Waals surface area contributed by atoms with Crippen LogP contribution in [-0.4, -0.2) is 18.6 Å². The first kappa shape index (κ1) is 13.3. The molecule has 0 aromatic heterocycles. The van der Waals surface area contributed by atoms with E-state index in [9.17, 15) is 22.4 Å². The van der Waals surface area contributed by atoms with Crippen molar-refractivity contribution in [3.63, 3.8) is 0 Å². The second-order valence-electron chi connectivity index (χ2n) is 3.36. The van der Waals surface area contributed by atoms with Gasteiger partial charge in [0.2, 0.25) is 0 Å². The number of halogens is 4. The molecule has 0 bridgehead atoms. The van der Waals surface area contributed by atoms with Crippen LogP contribution in [0.25, 0.3) is 0 Å². The number of benzene rings is 1. The lowest BCUT2D eigenvalue weighted by molar-refractivity contribution is -0.132. The fourth-order valence-electron chi connectivity index (χ4n) is 1.13. The topological polar surface area (TPSA) is 55.1 Å². The number of carbonyl (C=O) groups is 1. The average molecular weight is 250 g/mol. The number of anilines is 1. The van der Waals surface area contributed by atoms with E-state index in [4.69, 9.17) is 5.73 Å². The quantitative estimate of drug-likeness (QED) is 0.637. The van der Waals surface area contributed by atoms with E-state index in [-0.39, 0.29) is 11.3 Å². The van der Waals surface area contributed by atoms with Gasteiger partial charge in [-0.2, -0.15) is 13.2 Å². The number of nitrogen functional groups attached to an aromatic ring is 1. The molecule has 0 heterocycles. The van der Waals surface area contributed by atoms with Crippen LogP contribution in [0.5, 0.6) is 0 Å². The summed E-state index contributed by atoms with van der Waals surface area (Å²) in [5.41, 5.74) is 5.13. The number of hydrogen-bond donors (Lipinski definition) is 2. The average Bonchev–Trinajstić information content (AvgIpc) is 2.19. The van der Waals surface area contributed by atoms with Gasteiger partial charge in [0.05, 0.1) is 12.0 Å². The smallest absolute Gasteiger partial charge is 0.390 e. The monoisotopic (exact) mass is 250 g/mol. The summed E-state index contributed by atoms with van der Waals surface area (Å²) in [6.45, 7) is -0.601. The minimum absolute atomic E-state index is 0.160. The van der Waals surface area contributed by atoms with Gasteiger partial charge >= 0.3 is 6.18 Å². The molecule has 0 aliphatic heterocycles. The van der Waals surface area contributed by atoms with Gasteiger partial charge in [0.1, 0.15) is 5.82 Å². The zero-order valence-electron chi connectivity index (χ0n) is 8.64. The molecule has 1 aromatic carbocycles. The van der Waals surface area contributed by atoms with Gasteiger partial charge in [-0.15, -0.1) is 0 Å². The first-order chi connectivity index (χ1) is 7.79. The number of carbonyl (C=O) groups excluding carboxylic acids is 1. The van der Waals surface area contributed by atoms with Crippen molar-refractivity contribution in [3.05, 3.63) is 29.6 Å². The standard InChI is InChI=1S/C10H10F4N2O/c11-8-2-1-6(15)5-7(8)9(17)16-4-3-10(12,13)14/h1-2,5H,3-4,15H2,(H,16,17). The molecular weight excluding hydrogens is 240 g/mol. The molecule has 94 valence electrons. The van der Waals surface area contributed by atoms with Crippen molar-refractivity contribution in [3.8, 4) is 0 Å². The minimum Gasteiger partial charge on any atom is -0.399 e. The lowest BCUT2D eigenvalue weighted by Gasteiger charge is -2.08. The first-order valence-electron chi connectivity index (χ1n) is 4.69. The molecular formula is C10H10F4N2O. The predicted molar refractivity (Wildman–Crippen MR) is 53.8 cm³/mol. The maximum Gasteiger partial charge on any atom is 0.390 e. The van der Waals surface area contributed by atoms with E-state index < -0.39 is 30.9 Å². The SMILES string of the molecule is Nc1ccc(F)c(C(=O)NCCC(F)(F)F)c1. The van der Waals surface area contributed by atoms with Gasteiger partial charge in [0, 0.05) is 12.2 Å². The Hall–Kier alpha value is -1.79. The van der Waals surface area contributed by atoms with E-state index >= 15 is 0 Å². The first-order valence-corrected chi connectivity index (χ1v) is 4.69. The fourth-order valence-corrected chi connectivity index (χ4v) is 1.13. The molecule has 3 N–H and O–H groups in total. The maximum atomic E-state index is 13.1. The number of alkyl halides is 3. The molecule has 0 fully saturated rings. The van der Waals surface area contributed by atoms with Crippen molar-refractivity contribution in [1.82, 2.24) is 5.32 Å². The van der Waals surface area contributed by atoms with Crippen LogP contribution >= 0.6 is 0 Å². The summed E-state index contributed by atoms with van der Waals surface area (Å²) in [6, 6.07) is 3.30. The number of nitrogens with two attached hydrogens (primary N) is 1. The van der Waals surface area contributed by atoms with Crippen LogP contribution in [0.3, 0.4) is 0 Å². The second kappa shape index (κ2) is 5.03. The summed E-state index contributed by atoms with van der Waals surface area (Å²) < 4.78 is 48.6. The fraction of sp³-hybridized carbons (Fsp3) is 0.300.